The molecule has 5 atom stereocenters. The largest absolute Gasteiger partial charge is 0.507 e. The van der Waals surface area contributed by atoms with Gasteiger partial charge in [-0.25, -0.2) is 4.79 Å². The van der Waals surface area contributed by atoms with Gasteiger partial charge in [0.2, 0.25) is 17.5 Å². The van der Waals surface area contributed by atoms with Crippen LogP contribution in [-0.2, 0) is 9.53 Å². The third-order valence-electron chi connectivity index (χ3n) is 5.23. The monoisotopic (exact) mass is 478 g/mol. The summed E-state index contributed by atoms with van der Waals surface area (Å²) < 4.78 is 15.9. The minimum absolute atomic E-state index is 0.00468. The number of phenols is 3. The Morgan fingerprint density at radius 2 is 1.59 bits per heavy atom. The number of carbonyl (C=O) groups is 1. The van der Waals surface area contributed by atoms with Gasteiger partial charge in [-0.3, -0.25) is 4.79 Å². The first-order chi connectivity index (χ1) is 16.0. The number of aliphatic hydroxyl groups excluding tert-OH is 3. The molecule has 1 aromatic heterocycles. The number of aliphatic carboxylic acids is 1. The van der Waals surface area contributed by atoms with Crippen LogP contribution < -0.4 is 10.2 Å². The molecule has 2 aromatic carbocycles. The maximum absolute atomic E-state index is 12.6. The number of phenolic OH excluding ortho intramolecular Hbond substituents is 3. The lowest BCUT2D eigenvalue weighted by Crippen LogP contribution is -2.61. The maximum Gasteiger partial charge on any atom is 0.335 e. The van der Waals surface area contributed by atoms with E-state index in [1.165, 1.54) is 6.07 Å². The molecule has 180 valence electrons. The molecule has 1 fully saturated rings. The predicted octanol–water partition coefficient (Wildman–Crippen LogP) is -0.447. The van der Waals surface area contributed by atoms with E-state index in [2.05, 4.69) is 0 Å². The van der Waals surface area contributed by atoms with Gasteiger partial charge in [-0.15, -0.1) is 0 Å². The summed E-state index contributed by atoms with van der Waals surface area (Å²) >= 11 is 0. The van der Waals surface area contributed by atoms with Crippen molar-refractivity contribution in [2.45, 2.75) is 30.7 Å². The number of rotatable bonds is 4. The van der Waals surface area contributed by atoms with Gasteiger partial charge in [-0.1, -0.05) is 0 Å². The molecule has 0 unspecified atom stereocenters. The van der Waals surface area contributed by atoms with Crippen molar-refractivity contribution in [3.63, 3.8) is 0 Å². The molecular weight excluding hydrogens is 460 g/mol. The van der Waals surface area contributed by atoms with Crippen molar-refractivity contribution in [2.75, 3.05) is 0 Å². The molecule has 34 heavy (non-hydrogen) atoms. The average Bonchev–Trinajstić information content (AvgIpc) is 2.78. The van der Waals surface area contributed by atoms with Crippen LogP contribution in [0.5, 0.6) is 28.7 Å². The van der Waals surface area contributed by atoms with Crippen molar-refractivity contribution in [3.05, 3.63) is 40.6 Å². The summed E-state index contributed by atoms with van der Waals surface area (Å²) in [5, 5.41) is 78.2. The Morgan fingerprint density at radius 3 is 2.24 bits per heavy atom. The highest BCUT2D eigenvalue weighted by atomic mass is 16.7. The Balaban J connectivity index is 1.77. The molecule has 0 amide bonds. The van der Waals surface area contributed by atoms with Crippen LogP contribution in [0.25, 0.3) is 22.3 Å². The maximum atomic E-state index is 12.6. The van der Waals surface area contributed by atoms with E-state index in [0.717, 1.165) is 24.3 Å². The minimum Gasteiger partial charge on any atom is -0.507 e. The molecule has 13 heteroatoms. The number of fused-ring (bicyclic) bond motifs is 1. The first kappa shape index (κ1) is 23.1. The van der Waals surface area contributed by atoms with E-state index in [4.69, 9.17) is 19.0 Å². The van der Waals surface area contributed by atoms with Gasteiger partial charge in [0.1, 0.15) is 40.8 Å². The third-order valence-corrected chi connectivity index (χ3v) is 5.23. The van der Waals surface area contributed by atoms with E-state index < -0.39 is 76.2 Å². The zero-order valence-corrected chi connectivity index (χ0v) is 16.9. The summed E-state index contributed by atoms with van der Waals surface area (Å²) in [4.78, 5) is 23.9. The zero-order chi connectivity index (χ0) is 24.9. The molecule has 1 aliphatic rings. The Labute approximate surface area is 188 Å². The summed E-state index contributed by atoms with van der Waals surface area (Å²) in [6.07, 6.45) is -9.49. The summed E-state index contributed by atoms with van der Waals surface area (Å²) in [6, 6.07) is 5.30. The predicted molar refractivity (Wildman–Crippen MR) is 110 cm³/mol. The quantitative estimate of drug-likeness (QED) is 0.223. The molecule has 8 N–H and O–H groups in total. The lowest BCUT2D eigenvalue weighted by Gasteiger charge is -2.38. The number of ether oxygens (including phenoxy) is 2. The summed E-state index contributed by atoms with van der Waals surface area (Å²) in [6.45, 7) is 0. The van der Waals surface area contributed by atoms with Crippen molar-refractivity contribution in [1.29, 1.82) is 0 Å². The standard InChI is InChI=1S/C21H18O13/c22-8-2-1-6(3-9(8)23)18-15(27)13(25)12-10(24)4-7(5-11(12)33-18)32-21-17(29)14(26)16(28)19(34-21)20(30)31/h1-5,14,16-17,19,21-24,26-29H,(H,30,31)/t14-,16-,17+,19-,21+/m0/s1. The van der Waals surface area contributed by atoms with E-state index >= 15 is 0 Å². The van der Waals surface area contributed by atoms with Gasteiger partial charge in [0.25, 0.3) is 0 Å². The normalized spacial score (nSPS) is 24.7. The SMILES string of the molecule is O=C(O)[C@H]1O[C@@H](Oc2cc(O)c3c(=O)c(O)c(-c4ccc(O)c(O)c4)oc3c2)[C@H](O)[C@@H](O)[C@@H]1O. The highest BCUT2D eigenvalue weighted by Gasteiger charge is 2.48. The second-order valence-electron chi connectivity index (χ2n) is 7.48. The van der Waals surface area contributed by atoms with E-state index in [1.54, 1.807) is 0 Å². The van der Waals surface area contributed by atoms with Crippen LogP contribution in [0.3, 0.4) is 0 Å². The second kappa shape index (κ2) is 8.39. The Kier molecular flexibility index (Phi) is 5.70. The molecule has 3 aromatic rings. The van der Waals surface area contributed by atoms with Gasteiger partial charge in [0, 0.05) is 17.7 Å². The van der Waals surface area contributed by atoms with Crippen molar-refractivity contribution in [3.8, 4) is 40.1 Å². The fourth-order valence-electron chi connectivity index (χ4n) is 3.48. The molecule has 2 heterocycles. The zero-order valence-electron chi connectivity index (χ0n) is 16.9. The van der Waals surface area contributed by atoms with Crippen LogP contribution in [0, 0.1) is 0 Å². The van der Waals surface area contributed by atoms with Gasteiger partial charge in [-0.2, -0.15) is 0 Å². The highest BCUT2D eigenvalue weighted by molar-refractivity contribution is 5.88. The van der Waals surface area contributed by atoms with Crippen LogP contribution in [0.2, 0.25) is 0 Å². The van der Waals surface area contributed by atoms with Gasteiger partial charge >= 0.3 is 5.97 Å². The second-order valence-corrected chi connectivity index (χ2v) is 7.48. The number of carboxylic acid groups (broad SMARTS) is 1. The van der Waals surface area contributed by atoms with Crippen molar-refractivity contribution < 1.29 is 59.5 Å². The van der Waals surface area contributed by atoms with Gasteiger partial charge < -0.3 is 54.7 Å². The van der Waals surface area contributed by atoms with E-state index in [0.29, 0.717) is 0 Å². The number of aliphatic hydroxyl groups is 3. The number of benzene rings is 2. The fraction of sp³-hybridized carbons (Fsp3) is 0.238. The summed E-state index contributed by atoms with van der Waals surface area (Å²) in [5.74, 6) is -4.96. The van der Waals surface area contributed by atoms with E-state index in [9.17, 15) is 45.3 Å². The van der Waals surface area contributed by atoms with Gasteiger partial charge in [-0.05, 0) is 18.2 Å². The van der Waals surface area contributed by atoms with Gasteiger partial charge in [0.05, 0.1) is 0 Å². The average molecular weight is 478 g/mol. The number of hydrogen-bond acceptors (Lipinski definition) is 12. The molecule has 0 spiro atoms. The van der Waals surface area contributed by atoms with Crippen molar-refractivity contribution in [2.24, 2.45) is 0 Å². The highest BCUT2D eigenvalue weighted by Crippen LogP contribution is 2.38. The molecule has 0 saturated carbocycles. The van der Waals surface area contributed by atoms with Crippen LogP contribution >= 0.6 is 0 Å². The lowest BCUT2D eigenvalue weighted by molar-refractivity contribution is -0.271. The molecule has 13 nitrogen and oxygen atoms in total. The van der Waals surface area contributed by atoms with Crippen LogP contribution in [0.15, 0.2) is 39.5 Å². The van der Waals surface area contributed by atoms with E-state index in [-0.39, 0.29) is 16.9 Å². The third kappa shape index (κ3) is 3.82. The molecule has 0 bridgehead atoms. The number of carboxylic acids is 1. The van der Waals surface area contributed by atoms with E-state index in [1.807, 2.05) is 0 Å². The van der Waals surface area contributed by atoms with Crippen LogP contribution in [0.1, 0.15) is 0 Å². The fourth-order valence-corrected chi connectivity index (χ4v) is 3.48. The molecule has 4 rings (SSSR count). The minimum atomic E-state index is -1.94. The molecule has 1 saturated heterocycles. The Hall–Kier alpha value is -4.04. The van der Waals surface area contributed by atoms with Gasteiger partial charge in [0.15, 0.2) is 23.4 Å². The van der Waals surface area contributed by atoms with Crippen molar-refractivity contribution >= 4 is 16.9 Å². The number of aromatic hydroxyl groups is 4. The molecule has 0 aliphatic carbocycles. The molecular formula is C21H18O13. The first-order valence-electron chi connectivity index (χ1n) is 9.64. The topological polar surface area (TPSA) is 228 Å². The summed E-state index contributed by atoms with van der Waals surface area (Å²) in [5.41, 5.74) is -1.35. The van der Waals surface area contributed by atoms with Crippen molar-refractivity contribution in [1.82, 2.24) is 0 Å². The Bertz CT molecular complexity index is 1330. The number of hydrogen-bond donors (Lipinski definition) is 8. The first-order valence-corrected chi connectivity index (χ1v) is 9.64. The Morgan fingerprint density at radius 1 is 0.882 bits per heavy atom. The molecule has 0 radical (unpaired) electrons. The van der Waals surface area contributed by atoms with Crippen LogP contribution in [-0.4, -0.2) is 77.5 Å². The molecule has 1 aliphatic heterocycles. The smallest absolute Gasteiger partial charge is 0.335 e. The van der Waals surface area contributed by atoms with Crippen LogP contribution in [0.4, 0.5) is 0 Å². The summed E-state index contributed by atoms with van der Waals surface area (Å²) in [7, 11) is 0. The lowest BCUT2D eigenvalue weighted by atomic mass is 9.99.